The van der Waals surface area contributed by atoms with Gasteiger partial charge in [0.25, 0.3) is 23.6 Å². The van der Waals surface area contributed by atoms with Gasteiger partial charge in [-0.15, -0.1) is 0 Å². The van der Waals surface area contributed by atoms with Crippen LogP contribution < -0.4 is 42.6 Å². The molecule has 4 spiro atoms. The fourth-order valence-electron chi connectivity index (χ4n) is 21.2. The van der Waals surface area contributed by atoms with Crippen molar-refractivity contribution in [3.05, 3.63) is 275 Å². The molecule has 696 valence electrons. The predicted octanol–water partition coefficient (Wildman–Crippen LogP) is 17.9. The molecule has 5 saturated heterocycles. The summed E-state index contributed by atoms with van der Waals surface area (Å²) < 4.78 is 74.6. The lowest BCUT2D eigenvalue weighted by Gasteiger charge is -2.45. The molecule has 9 aliphatic heterocycles. The number of methoxy groups -OCH3 is 2. The number of benzene rings is 7. The smallest absolute Gasteiger partial charge is 0.255 e. The number of aryl methyl sites for hydroxylation is 2. The second-order valence-electron chi connectivity index (χ2n) is 37.6. The summed E-state index contributed by atoms with van der Waals surface area (Å²) in [6.07, 6.45) is 23.0. The topological polar surface area (TPSA) is 261 Å². The third kappa shape index (κ3) is 17.0. The number of para-hydroxylation sites is 6. The van der Waals surface area contributed by atoms with Crippen LogP contribution in [-0.2, 0) is 51.6 Å². The molecule has 14 heterocycles. The normalized spacial score (nSPS) is 19.3. The Hall–Kier alpha value is -13.4. The van der Waals surface area contributed by atoms with Crippen molar-refractivity contribution in [2.45, 2.75) is 176 Å². The molecule has 0 bridgehead atoms. The molecule has 0 radical (unpaired) electrons. The quantitative estimate of drug-likeness (QED) is 0.106. The Bertz CT molecular complexity index is 6330. The van der Waals surface area contributed by atoms with Crippen molar-refractivity contribution in [1.82, 2.24) is 53.3 Å². The first-order chi connectivity index (χ1) is 65.0. The van der Waals surface area contributed by atoms with Crippen molar-refractivity contribution in [3.63, 3.8) is 0 Å². The molecule has 1 atom stereocenters. The minimum absolute atomic E-state index is 0. The van der Waals surface area contributed by atoms with Gasteiger partial charge in [-0.2, -0.15) is 10.2 Å². The minimum atomic E-state index is -0.825. The summed E-state index contributed by atoms with van der Waals surface area (Å²) in [5, 5.41) is 20.0. The Morgan fingerprint density at radius 1 is 0.493 bits per heavy atom. The predicted molar refractivity (Wildman–Crippen MR) is 504 cm³/mol. The maximum Gasteiger partial charge on any atom is 0.255 e. The van der Waals surface area contributed by atoms with E-state index in [0.29, 0.717) is 130 Å². The number of likely N-dealkylation sites (tertiary alicyclic amines) is 4. The number of fused-ring (bicyclic) bond motifs is 16. The van der Waals surface area contributed by atoms with Gasteiger partial charge in [0, 0.05) is 195 Å². The summed E-state index contributed by atoms with van der Waals surface area (Å²) in [7, 11) is 7.08. The summed E-state index contributed by atoms with van der Waals surface area (Å²) >= 11 is 0. The van der Waals surface area contributed by atoms with Crippen LogP contribution in [0.2, 0.25) is 0 Å². The van der Waals surface area contributed by atoms with Gasteiger partial charge in [-0.3, -0.25) is 28.5 Å². The maximum absolute atomic E-state index is 13.4. The van der Waals surface area contributed by atoms with Crippen molar-refractivity contribution in [2.75, 3.05) is 79.8 Å². The molecule has 1 N–H and O–H groups in total. The van der Waals surface area contributed by atoms with Gasteiger partial charge in [-0.1, -0.05) is 54.6 Å². The highest BCUT2D eigenvalue weighted by molar-refractivity contribution is 5.97. The van der Waals surface area contributed by atoms with Crippen LogP contribution in [0.4, 0.5) is 0 Å². The number of hydrogen-bond donors (Lipinski definition) is 1. The number of nitrogens with zero attached hydrogens (tertiary/aromatic N) is 11. The van der Waals surface area contributed by atoms with Gasteiger partial charge in [0.2, 0.25) is 5.88 Å². The van der Waals surface area contributed by atoms with Crippen molar-refractivity contribution in [1.29, 1.82) is 0 Å². The highest BCUT2D eigenvalue weighted by Crippen LogP contribution is 2.54. The summed E-state index contributed by atoms with van der Waals surface area (Å²) in [5.74, 6) is 5.99. The number of aliphatic hydroxyl groups is 1. The molecule has 11 aliphatic rings. The van der Waals surface area contributed by atoms with Crippen molar-refractivity contribution >= 4 is 23.6 Å². The first kappa shape index (κ1) is 88.5. The van der Waals surface area contributed by atoms with Crippen molar-refractivity contribution < 1.29 is 77.8 Å². The van der Waals surface area contributed by atoms with E-state index < -0.39 is 33.8 Å². The number of rotatable bonds is 14. The average molecular weight is 1810 g/mol. The van der Waals surface area contributed by atoms with Crippen LogP contribution in [0.3, 0.4) is 0 Å². The van der Waals surface area contributed by atoms with Gasteiger partial charge in [0.1, 0.15) is 64.1 Å². The lowest BCUT2D eigenvalue weighted by atomic mass is 9.74. The molecule has 0 unspecified atom stereocenters. The third-order valence-corrected chi connectivity index (χ3v) is 28.4. The summed E-state index contributed by atoms with van der Waals surface area (Å²) in [5.41, 5.74) is 11.5. The highest BCUT2D eigenvalue weighted by atomic mass is 16.7. The van der Waals surface area contributed by atoms with E-state index in [2.05, 4.69) is 80.3 Å². The summed E-state index contributed by atoms with van der Waals surface area (Å²) in [6, 6.07) is 62.7. The first-order valence-electron chi connectivity index (χ1n) is 47.1. The van der Waals surface area contributed by atoms with E-state index in [9.17, 15) is 24.3 Å². The van der Waals surface area contributed by atoms with Gasteiger partial charge >= 0.3 is 0 Å². The van der Waals surface area contributed by atoms with Gasteiger partial charge < -0.3 is 85.9 Å². The largest absolute Gasteiger partial charge is 0.496 e. The Balaban J connectivity index is 0.000000116. The van der Waals surface area contributed by atoms with E-state index in [0.717, 1.165) is 161 Å². The van der Waals surface area contributed by atoms with E-state index in [1.807, 2.05) is 192 Å². The Morgan fingerprint density at radius 3 is 1.51 bits per heavy atom. The molecule has 5 aromatic heterocycles. The average Bonchev–Trinajstić information content (AvgIpc) is 1.66. The number of piperidine rings is 4. The lowest BCUT2D eigenvalue weighted by Crippen LogP contribution is -2.50. The Labute approximate surface area is 781 Å². The molecule has 2 aliphatic carbocycles. The molecular formula is C107H117N11O16. The molecule has 4 amide bonds. The highest BCUT2D eigenvalue weighted by Gasteiger charge is 2.51. The minimum Gasteiger partial charge on any atom is -0.496 e. The fraction of sp³-hybridized carbons (Fsp3) is 0.393. The van der Waals surface area contributed by atoms with Crippen molar-refractivity contribution in [2.24, 2.45) is 14.1 Å². The van der Waals surface area contributed by atoms with Crippen LogP contribution in [0.5, 0.6) is 51.9 Å². The zero-order valence-electron chi connectivity index (χ0n) is 77.3. The van der Waals surface area contributed by atoms with E-state index in [1.165, 1.54) is 12.8 Å². The standard InChI is InChI=1S/C29H32N2O6.C27H29N3O3.C27H28N2O4.C24H26N4O3.H2/c1-28(2)35-19-21(36-28)18-34-24-11-10-20(17-25(24)33-3)27(32)30-15-12-29(13-16-30)26-9-6-14-31(26)22-7-4-5-8-23(22)37-29;1-29-25-22-8-4-5-9-24(22)33-27(23(25)18-28-29)14-16-30(17-15-27)26(31)19-10-12-21(13-11-19)32-20-6-2-3-7-20;1-32-23-18-19(9-10-20(23)26(31)11-5-12-26)25(30)28-16-13-27(14-17-28)24-8-4-15-29(24)21-6-2-3-7-22(21)33-27;1-16(2)30-21-9-8-17(14-25-21)23(29)28-12-10-24(11-13-28)19-15-27(3)26-22(19)18-6-4-5-7-20(18)31-24;/h4-11,14,17,21H,12-13,15-16,18-19H2,1-3H3;4-5,8-13,18,20H,2-3,6-7,14-17H2,1H3;2-4,6-10,15,18,31H,5,11-14,16-17H2,1H3;4-9,14-16H,10-13H2,1-3H3;1H/t21-;;;;/m1..../s1. The molecule has 7 aromatic carbocycles. The van der Waals surface area contributed by atoms with Gasteiger partial charge in [0.15, 0.2) is 28.5 Å². The third-order valence-electron chi connectivity index (χ3n) is 28.4. The van der Waals surface area contributed by atoms with Gasteiger partial charge in [0.05, 0.1) is 78.9 Å². The van der Waals surface area contributed by atoms with E-state index in [-0.39, 0.29) is 37.3 Å². The number of pyridine rings is 1. The second kappa shape index (κ2) is 36.2. The van der Waals surface area contributed by atoms with Crippen LogP contribution in [0.25, 0.3) is 33.9 Å². The molecule has 134 heavy (non-hydrogen) atoms. The molecule has 12 aromatic rings. The molecule has 2 saturated carbocycles. The number of amides is 4. The number of carbonyl (C=O) groups excluding carboxylic acids is 4. The number of hydrogen-bond acceptors (Lipinski definition) is 19. The second-order valence-corrected chi connectivity index (χ2v) is 37.6. The number of aromatic nitrogens is 7. The Kier molecular flexibility index (Phi) is 23.9. The molecule has 23 rings (SSSR count). The van der Waals surface area contributed by atoms with Gasteiger partial charge in [-0.05, 0) is 206 Å². The SMILES string of the molecule is CC(C)Oc1ccc(C(=O)N2CCC3(CC2)Oc2ccccc2-c2nn(C)cc23)cn1.COc1cc(C(=O)N2CCC3(CC2)Oc2ccccc2-n2cccc23)ccc1C1(O)CCC1.COc1cc(C(=O)N2CCC3(CC2)Oc2ccccc2-n2cccc23)ccc1OC[C@@H]1COC(C)(C)O1.Cn1ncc2c1-c1ccccc1OC21CCN(C(=O)c2ccc(OC3CCCC3)cc2)CC1.[HH]. The zero-order chi connectivity index (χ0) is 92.3. The molecular weight excluding hydrogens is 1700 g/mol. The maximum atomic E-state index is 13.4. The fourth-order valence-corrected chi connectivity index (χ4v) is 21.2. The van der Waals surface area contributed by atoms with Crippen molar-refractivity contribution in [3.8, 4) is 85.8 Å². The van der Waals surface area contributed by atoms with Gasteiger partial charge in [-0.25, -0.2) is 4.98 Å². The van der Waals surface area contributed by atoms with E-state index >= 15 is 0 Å². The van der Waals surface area contributed by atoms with Crippen LogP contribution in [0.15, 0.2) is 225 Å². The molecule has 27 nitrogen and oxygen atoms in total. The lowest BCUT2D eigenvalue weighted by molar-refractivity contribution is -0.141. The monoisotopic (exact) mass is 1810 g/mol. The van der Waals surface area contributed by atoms with Crippen LogP contribution in [-0.4, -0.2) is 186 Å². The van der Waals surface area contributed by atoms with Crippen LogP contribution >= 0.6 is 0 Å². The Morgan fingerprint density at radius 2 is 0.978 bits per heavy atom. The number of ether oxygens (including phenoxy) is 11. The number of carbonyl (C=O) groups is 4. The first-order valence-corrected chi connectivity index (χ1v) is 47.1. The zero-order valence-corrected chi connectivity index (χ0v) is 77.3. The molecule has 7 fully saturated rings. The van der Waals surface area contributed by atoms with E-state index in [1.54, 1.807) is 56.8 Å². The summed E-state index contributed by atoms with van der Waals surface area (Å²) in [4.78, 5) is 64.9. The van der Waals surface area contributed by atoms with Crippen LogP contribution in [0.1, 0.15) is 195 Å². The van der Waals surface area contributed by atoms with Crippen LogP contribution in [0, 0.1) is 0 Å². The van der Waals surface area contributed by atoms with E-state index in [4.69, 9.17) is 57.2 Å². The molecule has 27 heteroatoms. The summed E-state index contributed by atoms with van der Waals surface area (Å²) in [6.45, 7) is 13.4.